The van der Waals surface area contributed by atoms with Crippen molar-refractivity contribution in [3.05, 3.63) is 46.7 Å². The van der Waals surface area contributed by atoms with Gasteiger partial charge in [-0.05, 0) is 29.5 Å². The first-order chi connectivity index (χ1) is 10.6. The van der Waals surface area contributed by atoms with E-state index in [0.717, 1.165) is 11.4 Å². The Labute approximate surface area is 133 Å². The number of para-hydroxylation sites is 2. The Balaban J connectivity index is 1.93. The number of fused-ring (bicyclic) bond motifs is 1. The maximum Gasteiger partial charge on any atom is 0.250 e. The molecule has 0 saturated carbocycles. The summed E-state index contributed by atoms with van der Waals surface area (Å²) >= 11 is 1.41. The maximum absolute atomic E-state index is 12.7. The van der Waals surface area contributed by atoms with Gasteiger partial charge in [-0.25, -0.2) is 0 Å². The average molecular weight is 314 g/mol. The molecule has 0 saturated heterocycles. The molecular formula is C17H18N2O2S. The summed E-state index contributed by atoms with van der Waals surface area (Å²) in [6.07, 6.45) is 0. The standard InChI is InChI=1S/C17H18N2O2S/c1-11(2)16-17(21)19(10-14(20)15-8-5-9-22-15)13-7-4-3-6-12(13)18-16/h3-9,11,16,18H,10H2,1-2H3. The Hall–Kier alpha value is -2.14. The minimum Gasteiger partial charge on any atom is -0.372 e. The Morgan fingerprint density at radius 2 is 2.05 bits per heavy atom. The van der Waals surface area contributed by atoms with Gasteiger partial charge in [-0.2, -0.15) is 0 Å². The molecule has 3 rings (SSSR count). The van der Waals surface area contributed by atoms with Crippen LogP contribution in [0.1, 0.15) is 23.5 Å². The lowest BCUT2D eigenvalue weighted by Gasteiger charge is -2.36. The van der Waals surface area contributed by atoms with E-state index in [9.17, 15) is 9.59 Å². The van der Waals surface area contributed by atoms with E-state index in [0.29, 0.717) is 4.88 Å². The van der Waals surface area contributed by atoms with Crippen LogP contribution >= 0.6 is 11.3 Å². The fourth-order valence-corrected chi connectivity index (χ4v) is 3.28. The summed E-state index contributed by atoms with van der Waals surface area (Å²) in [5, 5.41) is 5.16. The SMILES string of the molecule is CC(C)C1Nc2ccccc2N(CC(=O)c2cccs2)C1=O. The lowest BCUT2D eigenvalue weighted by Crippen LogP contribution is -2.51. The Morgan fingerprint density at radius 1 is 1.27 bits per heavy atom. The zero-order valence-electron chi connectivity index (χ0n) is 12.6. The van der Waals surface area contributed by atoms with E-state index in [1.54, 1.807) is 11.0 Å². The van der Waals surface area contributed by atoms with Crippen molar-refractivity contribution in [1.82, 2.24) is 0 Å². The molecule has 4 nitrogen and oxygen atoms in total. The zero-order chi connectivity index (χ0) is 15.7. The van der Waals surface area contributed by atoms with E-state index in [1.165, 1.54) is 11.3 Å². The third kappa shape index (κ3) is 2.64. The Morgan fingerprint density at radius 3 is 2.73 bits per heavy atom. The number of rotatable bonds is 4. The molecule has 114 valence electrons. The molecule has 0 radical (unpaired) electrons. The normalized spacial score (nSPS) is 17.3. The summed E-state index contributed by atoms with van der Waals surface area (Å²) in [6, 6.07) is 11.0. The number of carbonyl (C=O) groups excluding carboxylic acids is 2. The Bertz CT molecular complexity index is 694. The summed E-state index contributed by atoms with van der Waals surface area (Å²) < 4.78 is 0. The van der Waals surface area contributed by atoms with E-state index < -0.39 is 0 Å². The highest BCUT2D eigenvalue weighted by Crippen LogP contribution is 2.33. The molecule has 0 spiro atoms. The number of anilines is 2. The largest absolute Gasteiger partial charge is 0.372 e. The lowest BCUT2D eigenvalue weighted by molar-refractivity contribution is -0.120. The van der Waals surface area contributed by atoms with Crippen LogP contribution in [0, 0.1) is 5.92 Å². The fraction of sp³-hybridized carbons (Fsp3) is 0.294. The highest BCUT2D eigenvalue weighted by Gasteiger charge is 2.35. The van der Waals surface area contributed by atoms with Gasteiger partial charge in [0.2, 0.25) is 5.91 Å². The van der Waals surface area contributed by atoms with Gasteiger partial charge in [0, 0.05) is 0 Å². The molecular weight excluding hydrogens is 296 g/mol. The topological polar surface area (TPSA) is 49.4 Å². The molecule has 0 fully saturated rings. The number of ketones is 1. The number of carbonyl (C=O) groups is 2. The van der Waals surface area contributed by atoms with Gasteiger partial charge in [-0.1, -0.05) is 32.0 Å². The first-order valence-electron chi connectivity index (χ1n) is 7.31. The number of benzene rings is 1. The number of nitrogens with one attached hydrogen (secondary N) is 1. The van der Waals surface area contributed by atoms with Crippen LogP contribution in [0.3, 0.4) is 0 Å². The lowest BCUT2D eigenvalue weighted by atomic mass is 9.98. The van der Waals surface area contributed by atoms with Gasteiger partial charge in [0.25, 0.3) is 0 Å². The van der Waals surface area contributed by atoms with Crippen molar-refractivity contribution in [2.45, 2.75) is 19.9 Å². The number of Topliss-reactive ketones (excluding diaryl/α,β-unsaturated/α-hetero) is 1. The quantitative estimate of drug-likeness (QED) is 0.880. The first kappa shape index (κ1) is 14.8. The molecule has 5 heteroatoms. The smallest absolute Gasteiger partial charge is 0.250 e. The minimum absolute atomic E-state index is 0.0254. The molecule has 2 heterocycles. The summed E-state index contributed by atoms with van der Waals surface area (Å²) in [7, 11) is 0. The van der Waals surface area contributed by atoms with Gasteiger partial charge in [-0.3, -0.25) is 9.59 Å². The van der Waals surface area contributed by atoms with E-state index in [-0.39, 0.29) is 30.2 Å². The number of hydrogen-bond acceptors (Lipinski definition) is 4. The molecule has 1 aromatic heterocycles. The van der Waals surface area contributed by atoms with Gasteiger partial charge in [0.15, 0.2) is 5.78 Å². The monoisotopic (exact) mass is 314 g/mol. The van der Waals surface area contributed by atoms with Crippen LogP contribution in [0.15, 0.2) is 41.8 Å². The van der Waals surface area contributed by atoms with Crippen LogP contribution in [-0.2, 0) is 4.79 Å². The second-order valence-electron chi connectivity index (χ2n) is 5.71. The van der Waals surface area contributed by atoms with Crippen molar-refractivity contribution >= 4 is 34.4 Å². The van der Waals surface area contributed by atoms with E-state index in [2.05, 4.69) is 5.32 Å². The molecule has 1 aliphatic heterocycles. The van der Waals surface area contributed by atoms with Gasteiger partial charge < -0.3 is 10.2 Å². The molecule has 22 heavy (non-hydrogen) atoms. The van der Waals surface area contributed by atoms with Crippen LogP contribution in [0.2, 0.25) is 0 Å². The first-order valence-corrected chi connectivity index (χ1v) is 8.19. The van der Waals surface area contributed by atoms with E-state index in [1.807, 2.05) is 49.6 Å². The van der Waals surface area contributed by atoms with Crippen molar-refractivity contribution in [3.63, 3.8) is 0 Å². The molecule has 2 aromatic rings. The molecule has 0 aliphatic carbocycles. The third-order valence-corrected chi connectivity index (χ3v) is 4.71. The third-order valence-electron chi connectivity index (χ3n) is 3.80. The number of thiophene rings is 1. The van der Waals surface area contributed by atoms with Crippen LogP contribution in [0.25, 0.3) is 0 Å². The molecule has 1 N–H and O–H groups in total. The van der Waals surface area contributed by atoms with Crippen molar-refractivity contribution in [3.8, 4) is 0 Å². The second kappa shape index (κ2) is 5.93. The molecule has 1 aromatic carbocycles. The zero-order valence-corrected chi connectivity index (χ0v) is 13.4. The fourth-order valence-electron chi connectivity index (χ4n) is 2.62. The highest BCUT2D eigenvalue weighted by atomic mass is 32.1. The average Bonchev–Trinajstić information content (AvgIpc) is 3.04. The van der Waals surface area contributed by atoms with Crippen molar-refractivity contribution in [2.24, 2.45) is 5.92 Å². The number of amides is 1. The summed E-state index contributed by atoms with van der Waals surface area (Å²) in [5.41, 5.74) is 1.68. The predicted octanol–water partition coefficient (Wildman–Crippen LogP) is 3.41. The summed E-state index contributed by atoms with van der Waals surface area (Å²) in [4.78, 5) is 27.4. The molecule has 1 unspecified atom stereocenters. The minimum atomic E-state index is -0.300. The molecule has 1 amide bonds. The van der Waals surface area contributed by atoms with E-state index in [4.69, 9.17) is 0 Å². The number of hydrogen-bond donors (Lipinski definition) is 1. The van der Waals surface area contributed by atoms with Crippen LogP contribution < -0.4 is 10.2 Å². The van der Waals surface area contributed by atoms with Gasteiger partial charge in [-0.15, -0.1) is 11.3 Å². The highest BCUT2D eigenvalue weighted by molar-refractivity contribution is 7.12. The van der Waals surface area contributed by atoms with Crippen molar-refractivity contribution < 1.29 is 9.59 Å². The van der Waals surface area contributed by atoms with Crippen molar-refractivity contribution in [2.75, 3.05) is 16.8 Å². The molecule has 1 aliphatic rings. The van der Waals surface area contributed by atoms with Gasteiger partial charge in [0.05, 0.1) is 22.8 Å². The summed E-state index contributed by atoms with van der Waals surface area (Å²) in [5.74, 6) is 0.0846. The predicted molar refractivity (Wildman–Crippen MR) is 89.7 cm³/mol. The van der Waals surface area contributed by atoms with Crippen LogP contribution in [0.5, 0.6) is 0 Å². The maximum atomic E-state index is 12.7. The van der Waals surface area contributed by atoms with Crippen LogP contribution in [-0.4, -0.2) is 24.3 Å². The van der Waals surface area contributed by atoms with Gasteiger partial charge >= 0.3 is 0 Å². The molecule has 1 atom stereocenters. The Kier molecular flexibility index (Phi) is 3.98. The second-order valence-corrected chi connectivity index (χ2v) is 6.66. The van der Waals surface area contributed by atoms with Crippen LogP contribution in [0.4, 0.5) is 11.4 Å². The van der Waals surface area contributed by atoms with Crippen molar-refractivity contribution in [1.29, 1.82) is 0 Å². The van der Waals surface area contributed by atoms with E-state index >= 15 is 0 Å². The number of nitrogens with zero attached hydrogens (tertiary/aromatic N) is 1. The summed E-state index contributed by atoms with van der Waals surface area (Å²) in [6.45, 7) is 4.09. The molecule has 0 bridgehead atoms. The van der Waals surface area contributed by atoms with Gasteiger partial charge in [0.1, 0.15) is 6.04 Å².